The largest absolute Gasteiger partial charge is 0.298 e. The number of amidine groups is 1. The lowest BCUT2D eigenvalue weighted by atomic mass is 10.1. The second-order valence-corrected chi connectivity index (χ2v) is 9.71. The number of aryl methyl sites for hydroxylation is 1. The first-order valence-corrected chi connectivity index (χ1v) is 12.1. The van der Waals surface area contributed by atoms with Crippen molar-refractivity contribution in [2.75, 3.05) is 5.75 Å². The van der Waals surface area contributed by atoms with Crippen molar-refractivity contribution in [2.24, 2.45) is 10.1 Å². The zero-order valence-electron chi connectivity index (χ0n) is 17.2. The number of hydrogen-bond donors (Lipinski definition) is 1. The molecule has 0 spiro atoms. The number of halogens is 2. The predicted octanol–water partition coefficient (Wildman–Crippen LogP) is 3.49. The Bertz CT molecular complexity index is 1390. The lowest BCUT2D eigenvalue weighted by molar-refractivity contribution is -0.116. The van der Waals surface area contributed by atoms with Crippen LogP contribution in [-0.2, 0) is 4.79 Å². The second-order valence-electron chi connectivity index (χ2n) is 7.19. The fraction of sp³-hybridized carbons (Fsp3) is 0.182. The summed E-state index contributed by atoms with van der Waals surface area (Å²) in [5.74, 6) is 0.553. The van der Waals surface area contributed by atoms with E-state index in [2.05, 4.69) is 26.3 Å². The van der Waals surface area contributed by atoms with Gasteiger partial charge in [0, 0.05) is 9.69 Å². The highest BCUT2D eigenvalue weighted by molar-refractivity contribution is 9.10. The Morgan fingerprint density at radius 2 is 2.00 bits per heavy atom. The number of thioether (sulfide) groups is 1. The number of benzene rings is 2. The average Bonchev–Trinajstić information content (AvgIpc) is 3.07. The van der Waals surface area contributed by atoms with Crippen LogP contribution in [0.2, 0.25) is 5.15 Å². The fourth-order valence-corrected chi connectivity index (χ4v) is 5.10. The molecule has 32 heavy (non-hydrogen) atoms. The number of fused-ring (bicyclic) bond motifs is 2. The number of para-hydroxylation sites is 1. The van der Waals surface area contributed by atoms with Crippen molar-refractivity contribution in [1.82, 2.24) is 20.1 Å². The van der Waals surface area contributed by atoms with E-state index in [4.69, 9.17) is 21.7 Å². The van der Waals surface area contributed by atoms with Crippen molar-refractivity contribution in [3.63, 3.8) is 0 Å². The van der Waals surface area contributed by atoms with E-state index in [1.165, 1.54) is 11.8 Å². The van der Waals surface area contributed by atoms with Gasteiger partial charge in [-0.05, 0) is 43.0 Å². The van der Waals surface area contributed by atoms with Gasteiger partial charge < -0.3 is 0 Å². The van der Waals surface area contributed by atoms with E-state index in [0.29, 0.717) is 32.2 Å². The molecule has 0 unspecified atom stereocenters. The number of hydrogen-bond acceptors (Lipinski definition) is 6. The lowest BCUT2D eigenvalue weighted by Crippen LogP contribution is -2.50. The van der Waals surface area contributed by atoms with E-state index in [-0.39, 0.29) is 5.91 Å². The van der Waals surface area contributed by atoms with E-state index in [9.17, 15) is 4.79 Å². The highest BCUT2D eigenvalue weighted by atomic mass is 79.9. The summed E-state index contributed by atoms with van der Waals surface area (Å²) >= 11 is 11.8. The molecule has 10 heteroatoms. The van der Waals surface area contributed by atoms with Gasteiger partial charge >= 0.3 is 0 Å². The molecule has 0 fully saturated rings. The van der Waals surface area contributed by atoms with Crippen LogP contribution in [0.15, 0.2) is 63.1 Å². The molecule has 0 saturated heterocycles. The Balaban J connectivity index is 1.75. The van der Waals surface area contributed by atoms with Crippen molar-refractivity contribution >= 4 is 56.1 Å². The van der Waals surface area contributed by atoms with Gasteiger partial charge in [-0.2, -0.15) is 5.10 Å². The maximum absolute atomic E-state index is 13.2. The number of amides is 1. The first kappa shape index (κ1) is 21.2. The number of nitrogens with zero attached hydrogens (tertiary/aromatic N) is 5. The summed E-state index contributed by atoms with van der Waals surface area (Å²) in [6, 6.07) is 15.3. The topological polar surface area (TPSA) is 74.9 Å². The van der Waals surface area contributed by atoms with E-state index >= 15 is 0 Å². The van der Waals surface area contributed by atoms with Crippen LogP contribution < -0.4 is 15.9 Å². The molecule has 3 aromatic rings. The number of hydrazone groups is 1. The molecule has 0 aliphatic carbocycles. The van der Waals surface area contributed by atoms with Crippen molar-refractivity contribution in [1.29, 1.82) is 0 Å². The number of rotatable bonds is 3. The molecule has 5 rings (SSSR count). The van der Waals surface area contributed by atoms with Crippen LogP contribution in [0.4, 0.5) is 0 Å². The van der Waals surface area contributed by atoms with E-state index in [1.54, 1.807) is 9.69 Å². The molecule has 1 aromatic heterocycles. The van der Waals surface area contributed by atoms with Gasteiger partial charge in [0.05, 0.1) is 22.3 Å². The Morgan fingerprint density at radius 3 is 2.75 bits per heavy atom. The zero-order chi connectivity index (χ0) is 22.4. The van der Waals surface area contributed by atoms with Crippen LogP contribution >= 0.6 is 39.3 Å². The van der Waals surface area contributed by atoms with Gasteiger partial charge in [0.1, 0.15) is 10.9 Å². The van der Waals surface area contributed by atoms with Crippen molar-refractivity contribution in [3.05, 3.63) is 80.0 Å². The molecule has 2 aliphatic heterocycles. The quantitative estimate of drug-likeness (QED) is 0.564. The third kappa shape index (κ3) is 3.54. The summed E-state index contributed by atoms with van der Waals surface area (Å²) in [6.45, 7) is 3.90. The highest BCUT2D eigenvalue weighted by Crippen LogP contribution is 2.37. The molecule has 0 radical (unpaired) electrons. The Morgan fingerprint density at radius 1 is 1.22 bits per heavy atom. The number of carbonyl (C=O) groups is 1. The third-order valence-electron chi connectivity index (χ3n) is 5.16. The summed E-state index contributed by atoms with van der Waals surface area (Å²) in [6.07, 6.45) is -0.623. The van der Waals surface area contributed by atoms with Crippen molar-refractivity contribution < 1.29 is 4.79 Å². The van der Waals surface area contributed by atoms with Crippen molar-refractivity contribution in [2.45, 2.75) is 20.0 Å². The summed E-state index contributed by atoms with van der Waals surface area (Å²) < 4.78 is 2.54. The second kappa shape index (κ2) is 8.38. The number of nitrogens with one attached hydrogen (secondary N) is 1. The van der Waals surface area contributed by atoms with Crippen LogP contribution in [0.3, 0.4) is 0 Å². The molecule has 1 atom stereocenters. The maximum Gasteiger partial charge on any atom is 0.276 e. The first-order valence-electron chi connectivity index (χ1n) is 9.98. The molecule has 0 saturated carbocycles. The summed E-state index contributed by atoms with van der Waals surface area (Å²) in [5, 5.41) is 16.3. The molecule has 0 bridgehead atoms. The summed E-state index contributed by atoms with van der Waals surface area (Å²) in [4.78, 5) is 18.1. The maximum atomic E-state index is 13.2. The first-order chi connectivity index (χ1) is 15.5. The monoisotopic (exact) mass is 528 g/mol. The molecule has 7 nitrogen and oxygen atoms in total. The van der Waals surface area contributed by atoms with Gasteiger partial charge in [-0.15, -0.1) is 5.10 Å². The molecule has 1 amide bonds. The summed E-state index contributed by atoms with van der Waals surface area (Å²) in [5.41, 5.74) is 2.71. The molecule has 2 aromatic carbocycles. The van der Waals surface area contributed by atoms with Crippen LogP contribution in [0.25, 0.3) is 11.4 Å². The minimum absolute atomic E-state index is 0.223. The summed E-state index contributed by atoms with van der Waals surface area (Å²) in [7, 11) is 0. The van der Waals surface area contributed by atoms with Gasteiger partial charge in [0.25, 0.3) is 5.91 Å². The smallest absolute Gasteiger partial charge is 0.276 e. The van der Waals surface area contributed by atoms with Gasteiger partial charge in [0.15, 0.2) is 11.3 Å². The van der Waals surface area contributed by atoms with Crippen molar-refractivity contribution in [3.8, 4) is 5.69 Å². The standard InChI is InChI=1S/C22H18BrClN6OS/c1-3-32-22-26-21(31)18-15-11-13(23)9-10-16(15)25-20(30(18)28-22)17-12(2)27-29(19(17)24)14-7-5-4-6-8-14/h4-11,20H,3H2,1-2H3,(H,26,28,31)/t20-/m1/s1. The van der Waals surface area contributed by atoms with Gasteiger partial charge in [-0.3, -0.25) is 15.1 Å². The minimum atomic E-state index is -0.623. The van der Waals surface area contributed by atoms with E-state index in [0.717, 1.165) is 21.6 Å². The third-order valence-corrected chi connectivity index (χ3v) is 6.76. The average molecular weight is 530 g/mol. The van der Waals surface area contributed by atoms with Crippen LogP contribution in [-0.4, -0.2) is 31.6 Å². The molecule has 1 N–H and O–H groups in total. The molecular formula is C22H18BrClN6OS. The van der Waals surface area contributed by atoms with Crippen LogP contribution in [0.5, 0.6) is 0 Å². The Kier molecular flexibility index (Phi) is 5.56. The molecular weight excluding hydrogens is 512 g/mol. The zero-order valence-corrected chi connectivity index (χ0v) is 20.4. The normalized spacial score (nSPS) is 17.3. The Hall–Kier alpha value is -2.62. The number of carbonyl (C=O) groups excluding carboxylic acids is 1. The van der Waals surface area contributed by atoms with Gasteiger partial charge in [-0.1, -0.05) is 64.4 Å². The Labute approximate surface area is 202 Å². The van der Waals surface area contributed by atoms with Crippen LogP contribution in [0.1, 0.15) is 24.3 Å². The minimum Gasteiger partial charge on any atom is -0.298 e. The SMILES string of the molecule is CCSC1=NN2C(=c3cc(Br)ccc3=N[C@H]2c2c(C)nn(-c3ccccc3)c2Cl)C(=O)N1. The predicted molar refractivity (Wildman–Crippen MR) is 130 cm³/mol. The van der Waals surface area contributed by atoms with E-state index in [1.807, 2.05) is 62.4 Å². The lowest BCUT2D eigenvalue weighted by Gasteiger charge is -2.34. The van der Waals surface area contributed by atoms with Gasteiger partial charge in [-0.25, -0.2) is 9.69 Å². The number of aromatic nitrogens is 2. The van der Waals surface area contributed by atoms with E-state index < -0.39 is 6.17 Å². The fourth-order valence-electron chi connectivity index (χ4n) is 3.79. The highest BCUT2D eigenvalue weighted by Gasteiger charge is 2.37. The molecule has 2 aliphatic rings. The molecule has 162 valence electrons. The molecule has 3 heterocycles. The van der Waals surface area contributed by atoms with Crippen LogP contribution in [0, 0.1) is 6.92 Å². The van der Waals surface area contributed by atoms with Gasteiger partial charge in [0.2, 0.25) is 0 Å².